The Kier molecular flexibility index (Phi) is 8.17. The Balaban J connectivity index is 0. The SMILES string of the molecule is [BeH2].[CH2]CC(C)C. The first-order valence-corrected chi connectivity index (χ1v) is 2.06. The molecule has 0 rings (SSSR count). The van der Waals surface area contributed by atoms with Crippen molar-refractivity contribution in [2.45, 2.75) is 20.3 Å². The molecule has 1 heteroatoms. The monoisotopic (exact) mass is 82.1 g/mol. The molecule has 0 amide bonds. The van der Waals surface area contributed by atoms with E-state index in [1.54, 1.807) is 0 Å². The van der Waals surface area contributed by atoms with Gasteiger partial charge in [0.2, 0.25) is 0 Å². The second-order valence-electron chi connectivity index (χ2n) is 1.68. The molecule has 0 N–H and O–H groups in total. The molecule has 0 aromatic heterocycles. The van der Waals surface area contributed by atoms with Gasteiger partial charge in [-0.05, 0) is 5.92 Å². The van der Waals surface area contributed by atoms with E-state index >= 15 is 0 Å². The molecular formula is C5H13Be. The third-order valence-corrected chi connectivity index (χ3v) is 0.577. The molecule has 0 aliphatic heterocycles. The van der Waals surface area contributed by atoms with Gasteiger partial charge in [0.25, 0.3) is 0 Å². The molecule has 0 nitrogen and oxygen atoms in total. The topological polar surface area (TPSA) is 0 Å². The molecule has 35 valence electrons. The first kappa shape index (κ1) is 9.48. The van der Waals surface area contributed by atoms with E-state index in [1.165, 1.54) is 0 Å². The Morgan fingerprint density at radius 2 is 1.67 bits per heavy atom. The van der Waals surface area contributed by atoms with E-state index in [0.717, 1.165) is 12.3 Å². The van der Waals surface area contributed by atoms with Gasteiger partial charge in [0.15, 0.2) is 0 Å². The molecular weight excluding hydrogens is 69.1 g/mol. The van der Waals surface area contributed by atoms with E-state index in [-0.39, 0.29) is 10.1 Å². The first-order chi connectivity index (χ1) is 2.27. The molecule has 0 bridgehead atoms. The van der Waals surface area contributed by atoms with Gasteiger partial charge < -0.3 is 0 Å². The molecule has 0 spiro atoms. The summed E-state index contributed by atoms with van der Waals surface area (Å²) in [6.07, 6.45) is 1.06. The van der Waals surface area contributed by atoms with E-state index < -0.39 is 0 Å². The van der Waals surface area contributed by atoms with E-state index in [1.807, 2.05) is 0 Å². The standard InChI is InChI=1S/C5H11.Be.2H/c1-4-5(2)3;;;/h5H,1,4H2,2-3H3;;;. The minimum absolute atomic E-state index is 0. The maximum absolute atomic E-state index is 3.69. The summed E-state index contributed by atoms with van der Waals surface area (Å²) >= 11 is 0. The molecule has 0 saturated heterocycles. The van der Waals surface area contributed by atoms with Crippen LogP contribution < -0.4 is 0 Å². The average molecular weight is 82.2 g/mol. The third-order valence-electron chi connectivity index (χ3n) is 0.577. The summed E-state index contributed by atoms with van der Waals surface area (Å²) in [6, 6.07) is 0. The molecule has 0 unspecified atom stereocenters. The van der Waals surface area contributed by atoms with Gasteiger partial charge in [-0.3, -0.25) is 0 Å². The van der Waals surface area contributed by atoms with Crippen LogP contribution in [0.4, 0.5) is 0 Å². The summed E-state index contributed by atoms with van der Waals surface area (Å²) in [5, 5.41) is 0. The van der Waals surface area contributed by atoms with Crippen LogP contribution in [0.2, 0.25) is 0 Å². The van der Waals surface area contributed by atoms with E-state index in [0.29, 0.717) is 0 Å². The minimum atomic E-state index is 0. The normalized spacial score (nSPS) is 8.00. The van der Waals surface area contributed by atoms with Crippen LogP contribution >= 0.6 is 0 Å². The van der Waals surface area contributed by atoms with Crippen LogP contribution in [-0.2, 0) is 0 Å². The average Bonchev–Trinajstić information content (AvgIpc) is 1.38. The third kappa shape index (κ3) is 8.90. The van der Waals surface area contributed by atoms with Crippen LogP contribution in [-0.4, -0.2) is 10.1 Å². The van der Waals surface area contributed by atoms with Crippen molar-refractivity contribution in [2.24, 2.45) is 5.92 Å². The summed E-state index contributed by atoms with van der Waals surface area (Å²) in [6.45, 7) is 8.00. The van der Waals surface area contributed by atoms with Crippen molar-refractivity contribution >= 4 is 10.1 Å². The van der Waals surface area contributed by atoms with Crippen LogP contribution in [0.3, 0.4) is 0 Å². The molecule has 1 radical (unpaired) electrons. The van der Waals surface area contributed by atoms with Crippen LogP contribution in [0.15, 0.2) is 0 Å². The minimum Gasteiger partial charge on any atom is -0.0628 e. The summed E-state index contributed by atoms with van der Waals surface area (Å²) in [5.74, 6) is 0.773. The van der Waals surface area contributed by atoms with E-state index in [4.69, 9.17) is 0 Å². The molecule has 0 aliphatic carbocycles. The molecule has 0 aromatic carbocycles. The van der Waals surface area contributed by atoms with Crippen molar-refractivity contribution < 1.29 is 0 Å². The van der Waals surface area contributed by atoms with Crippen molar-refractivity contribution in [3.05, 3.63) is 6.92 Å². The Labute approximate surface area is 44.2 Å². The Hall–Kier alpha value is 0.169. The molecule has 0 saturated carbocycles. The second kappa shape index (κ2) is 5.17. The molecule has 0 atom stereocenters. The summed E-state index contributed by atoms with van der Waals surface area (Å²) < 4.78 is 0. The fourth-order valence-electron chi connectivity index (χ4n) is 0. The fourth-order valence-corrected chi connectivity index (χ4v) is 0. The van der Waals surface area contributed by atoms with Gasteiger partial charge in [0.1, 0.15) is 0 Å². The van der Waals surface area contributed by atoms with Crippen LogP contribution in [0.25, 0.3) is 0 Å². The van der Waals surface area contributed by atoms with Crippen molar-refractivity contribution in [1.29, 1.82) is 0 Å². The molecule has 6 heavy (non-hydrogen) atoms. The molecule has 0 aromatic rings. The van der Waals surface area contributed by atoms with Gasteiger partial charge >= 0.3 is 10.1 Å². The van der Waals surface area contributed by atoms with Crippen LogP contribution in [0.1, 0.15) is 20.3 Å². The smallest absolute Gasteiger partial charge is 0.0471 e. The molecule has 0 aliphatic rings. The Bertz CT molecular complexity index is 17.9. The summed E-state index contributed by atoms with van der Waals surface area (Å²) in [4.78, 5) is 0. The van der Waals surface area contributed by atoms with Crippen molar-refractivity contribution in [1.82, 2.24) is 0 Å². The van der Waals surface area contributed by atoms with Gasteiger partial charge in [-0.25, -0.2) is 0 Å². The van der Waals surface area contributed by atoms with Gasteiger partial charge in [0, 0.05) is 0 Å². The summed E-state index contributed by atoms with van der Waals surface area (Å²) in [7, 11) is 0. The predicted molar refractivity (Wildman–Crippen MR) is 33.4 cm³/mol. The Morgan fingerprint density at radius 1 is 1.50 bits per heavy atom. The second-order valence-corrected chi connectivity index (χ2v) is 1.68. The van der Waals surface area contributed by atoms with Gasteiger partial charge in [0.05, 0.1) is 0 Å². The number of hydrogen-bond donors (Lipinski definition) is 0. The summed E-state index contributed by atoms with van der Waals surface area (Å²) in [5.41, 5.74) is 0. The zero-order chi connectivity index (χ0) is 4.28. The maximum atomic E-state index is 3.69. The Morgan fingerprint density at radius 3 is 1.67 bits per heavy atom. The van der Waals surface area contributed by atoms with Crippen molar-refractivity contribution in [2.75, 3.05) is 0 Å². The van der Waals surface area contributed by atoms with E-state index in [9.17, 15) is 0 Å². The number of hydrogen-bond acceptors (Lipinski definition) is 0. The fraction of sp³-hybridized carbons (Fsp3) is 0.800. The zero-order valence-corrected chi connectivity index (χ0v) is 3.99. The van der Waals surface area contributed by atoms with Gasteiger partial charge in [-0.15, -0.1) is 0 Å². The van der Waals surface area contributed by atoms with Gasteiger partial charge in [-0.1, -0.05) is 27.2 Å². The van der Waals surface area contributed by atoms with Crippen molar-refractivity contribution in [3.63, 3.8) is 0 Å². The molecule has 0 heterocycles. The number of rotatable bonds is 1. The predicted octanol–water partition coefficient (Wildman–Crippen LogP) is 0.950. The largest absolute Gasteiger partial charge is 0.0628 e. The van der Waals surface area contributed by atoms with Crippen LogP contribution in [0, 0.1) is 12.8 Å². The maximum Gasteiger partial charge on any atom is -0.0471 e. The molecule has 0 fully saturated rings. The zero-order valence-electron chi connectivity index (χ0n) is 3.99. The first-order valence-electron chi connectivity index (χ1n) is 2.06. The van der Waals surface area contributed by atoms with E-state index in [2.05, 4.69) is 20.8 Å². The van der Waals surface area contributed by atoms with Gasteiger partial charge in [-0.2, -0.15) is 0 Å². The van der Waals surface area contributed by atoms with Crippen LogP contribution in [0.5, 0.6) is 0 Å². The van der Waals surface area contributed by atoms with Crippen molar-refractivity contribution in [3.8, 4) is 0 Å². The quantitative estimate of drug-likeness (QED) is 0.413.